The van der Waals surface area contributed by atoms with Crippen LogP contribution >= 0.6 is 0 Å². The van der Waals surface area contributed by atoms with E-state index < -0.39 is 11.6 Å². The molecule has 0 spiro atoms. The molecule has 2 nitrogen and oxygen atoms in total. The largest absolute Gasteiger partial charge is 0.382 e. The molecule has 0 amide bonds. The number of rotatable bonds is 4. The van der Waals surface area contributed by atoms with Crippen LogP contribution in [0.25, 0.3) is 0 Å². The second-order valence-electron chi connectivity index (χ2n) is 3.97. The molecule has 0 aromatic heterocycles. The second kappa shape index (κ2) is 5.25. The van der Waals surface area contributed by atoms with Crippen LogP contribution in [0.5, 0.6) is 0 Å². The molecule has 1 unspecified atom stereocenters. The summed E-state index contributed by atoms with van der Waals surface area (Å²) in [6.07, 6.45) is 3.26. The lowest BCUT2D eigenvalue weighted by molar-refractivity contribution is 0.107. The Labute approximate surface area is 93.6 Å². The molecule has 2 rings (SSSR count). The first-order valence-electron chi connectivity index (χ1n) is 5.56. The highest BCUT2D eigenvalue weighted by atomic mass is 19.1. The van der Waals surface area contributed by atoms with E-state index in [0.717, 1.165) is 38.0 Å². The summed E-state index contributed by atoms with van der Waals surface area (Å²) < 4.78 is 31.5. The van der Waals surface area contributed by atoms with Gasteiger partial charge in [-0.05, 0) is 37.5 Å². The number of halogens is 2. The Morgan fingerprint density at radius 1 is 1.38 bits per heavy atom. The first-order chi connectivity index (χ1) is 7.75. The van der Waals surface area contributed by atoms with Crippen LogP contribution in [-0.4, -0.2) is 19.3 Å². The fourth-order valence-corrected chi connectivity index (χ4v) is 1.87. The van der Waals surface area contributed by atoms with Crippen LogP contribution in [0.4, 0.5) is 14.5 Å². The molecular formula is C12H15F2NO. The molecule has 1 heterocycles. The van der Waals surface area contributed by atoms with Crippen LogP contribution in [0.1, 0.15) is 19.3 Å². The summed E-state index contributed by atoms with van der Waals surface area (Å²) in [5.74, 6) is -0.852. The number of benzene rings is 1. The van der Waals surface area contributed by atoms with Gasteiger partial charge in [-0.1, -0.05) is 0 Å². The lowest BCUT2D eigenvalue weighted by Gasteiger charge is -2.11. The lowest BCUT2D eigenvalue weighted by Crippen LogP contribution is -2.13. The van der Waals surface area contributed by atoms with Gasteiger partial charge in [-0.2, -0.15) is 0 Å². The van der Waals surface area contributed by atoms with Gasteiger partial charge in [-0.25, -0.2) is 8.78 Å². The third-order valence-corrected chi connectivity index (χ3v) is 2.73. The molecule has 1 saturated heterocycles. The standard InChI is InChI=1S/C12H15F2NO/c13-9-3-4-11(14)12(8-9)15-6-5-10-2-1-7-16-10/h3-4,8,10,15H,1-2,5-7H2. The van der Waals surface area contributed by atoms with Crippen LogP contribution in [0, 0.1) is 11.6 Å². The molecule has 4 heteroatoms. The van der Waals surface area contributed by atoms with Crippen molar-refractivity contribution < 1.29 is 13.5 Å². The van der Waals surface area contributed by atoms with E-state index in [1.54, 1.807) is 0 Å². The number of ether oxygens (including phenoxy) is 1. The minimum Gasteiger partial charge on any atom is -0.382 e. The highest BCUT2D eigenvalue weighted by molar-refractivity contribution is 5.44. The second-order valence-corrected chi connectivity index (χ2v) is 3.97. The zero-order valence-corrected chi connectivity index (χ0v) is 9.01. The van der Waals surface area contributed by atoms with Crippen LogP contribution in [-0.2, 0) is 4.74 Å². The summed E-state index contributed by atoms with van der Waals surface area (Å²) in [5.41, 5.74) is 0.220. The number of nitrogens with one attached hydrogen (secondary N) is 1. The molecule has 1 aromatic rings. The van der Waals surface area contributed by atoms with Gasteiger partial charge in [0, 0.05) is 13.2 Å². The first kappa shape index (κ1) is 11.3. The molecule has 1 fully saturated rings. The zero-order chi connectivity index (χ0) is 11.4. The smallest absolute Gasteiger partial charge is 0.146 e. The minimum atomic E-state index is -0.430. The summed E-state index contributed by atoms with van der Waals surface area (Å²) >= 11 is 0. The molecule has 1 aromatic carbocycles. The number of hydrogen-bond acceptors (Lipinski definition) is 2. The summed E-state index contributed by atoms with van der Waals surface area (Å²) in [7, 11) is 0. The van der Waals surface area contributed by atoms with Crippen LogP contribution < -0.4 is 5.32 Å². The Kier molecular flexibility index (Phi) is 3.72. The summed E-state index contributed by atoms with van der Waals surface area (Å²) in [6, 6.07) is 3.41. The van der Waals surface area contributed by atoms with E-state index in [1.807, 2.05) is 0 Å². The van der Waals surface area contributed by atoms with Crippen molar-refractivity contribution in [1.29, 1.82) is 0 Å². The quantitative estimate of drug-likeness (QED) is 0.853. The van der Waals surface area contributed by atoms with E-state index >= 15 is 0 Å². The molecule has 1 aliphatic rings. The number of anilines is 1. The molecule has 0 aliphatic carbocycles. The maximum atomic E-state index is 13.2. The van der Waals surface area contributed by atoms with Gasteiger partial charge >= 0.3 is 0 Å². The summed E-state index contributed by atoms with van der Waals surface area (Å²) in [5, 5.41) is 2.89. The Bertz CT molecular complexity index is 351. The normalized spacial score (nSPS) is 20.0. The van der Waals surface area contributed by atoms with Gasteiger partial charge in [0.05, 0.1) is 11.8 Å². The fraction of sp³-hybridized carbons (Fsp3) is 0.500. The maximum Gasteiger partial charge on any atom is 0.146 e. The predicted molar refractivity (Wildman–Crippen MR) is 58.4 cm³/mol. The summed E-state index contributed by atoms with van der Waals surface area (Å²) in [6.45, 7) is 1.42. The SMILES string of the molecule is Fc1ccc(F)c(NCCC2CCCO2)c1. The van der Waals surface area contributed by atoms with Crippen molar-refractivity contribution in [2.75, 3.05) is 18.5 Å². The third kappa shape index (κ3) is 2.92. The van der Waals surface area contributed by atoms with E-state index in [0.29, 0.717) is 6.54 Å². The molecular weight excluding hydrogens is 212 g/mol. The zero-order valence-electron chi connectivity index (χ0n) is 9.01. The minimum absolute atomic E-state index is 0.220. The van der Waals surface area contributed by atoms with Gasteiger partial charge in [0.15, 0.2) is 0 Å². The van der Waals surface area contributed by atoms with Gasteiger partial charge in [-0.3, -0.25) is 0 Å². The van der Waals surface area contributed by atoms with Gasteiger partial charge in [0.1, 0.15) is 11.6 Å². The van der Waals surface area contributed by atoms with Gasteiger partial charge in [-0.15, -0.1) is 0 Å². The monoisotopic (exact) mass is 227 g/mol. The lowest BCUT2D eigenvalue weighted by atomic mass is 10.2. The topological polar surface area (TPSA) is 21.3 Å². The third-order valence-electron chi connectivity index (χ3n) is 2.73. The summed E-state index contributed by atoms with van der Waals surface area (Å²) in [4.78, 5) is 0. The van der Waals surface area contributed by atoms with E-state index in [2.05, 4.69) is 5.32 Å². The Hall–Kier alpha value is -1.16. The van der Waals surface area contributed by atoms with Gasteiger partial charge in [0.2, 0.25) is 0 Å². The average Bonchev–Trinajstić information content (AvgIpc) is 2.76. The Morgan fingerprint density at radius 2 is 2.25 bits per heavy atom. The van der Waals surface area contributed by atoms with E-state index in [-0.39, 0.29) is 11.8 Å². The Balaban J connectivity index is 1.82. The van der Waals surface area contributed by atoms with Crippen molar-refractivity contribution in [1.82, 2.24) is 0 Å². The van der Waals surface area contributed by atoms with Gasteiger partial charge in [0.25, 0.3) is 0 Å². The van der Waals surface area contributed by atoms with Crippen molar-refractivity contribution in [3.05, 3.63) is 29.8 Å². The first-order valence-corrected chi connectivity index (χ1v) is 5.56. The molecule has 88 valence electrons. The van der Waals surface area contributed by atoms with Crippen molar-refractivity contribution in [2.45, 2.75) is 25.4 Å². The van der Waals surface area contributed by atoms with E-state index in [1.165, 1.54) is 6.07 Å². The molecule has 1 N–H and O–H groups in total. The van der Waals surface area contributed by atoms with Gasteiger partial charge < -0.3 is 10.1 Å². The molecule has 0 radical (unpaired) electrons. The maximum absolute atomic E-state index is 13.2. The molecule has 0 bridgehead atoms. The van der Waals surface area contributed by atoms with Crippen molar-refractivity contribution in [2.24, 2.45) is 0 Å². The highest BCUT2D eigenvalue weighted by Crippen LogP contribution is 2.18. The molecule has 0 saturated carbocycles. The van der Waals surface area contributed by atoms with Crippen LogP contribution in [0.15, 0.2) is 18.2 Å². The van der Waals surface area contributed by atoms with E-state index in [4.69, 9.17) is 4.74 Å². The van der Waals surface area contributed by atoms with Crippen molar-refractivity contribution in [3.8, 4) is 0 Å². The molecule has 1 atom stereocenters. The number of hydrogen-bond donors (Lipinski definition) is 1. The fourth-order valence-electron chi connectivity index (χ4n) is 1.87. The Morgan fingerprint density at radius 3 is 3.00 bits per heavy atom. The molecule has 16 heavy (non-hydrogen) atoms. The van der Waals surface area contributed by atoms with Crippen LogP contribution in [0.2, 0.25) is 0 Å². The highest BCUT2D eigenvalue weighted by Gasteiger charge is 2.14. The average molecular weight is 227 g/mol. The van der Waals surface area contributed by atoms with E-state index in [9.17, 15) is 8.78 Å². The molecule has 1 aliphatic heterocycles. The van der Waals surface area contributed by atoms with Crippen molar-refractivity contribution >= 4 is 5.69 Å². The van der Waals surface area contributed by atoms with Crippen molar-refractivity contribution in [3.63, 3.8) is 0 Å². The van der Waals surface area contributed by atoms with Crippen LogP contribution in [0.3, 0.4) is 0 Å². The predicted octanol–water partition coefficient (Wildman–Crippen LogP) is 2.95.